The van der Waals surface area contributed by atoms with Crippen LogP contribution in [0.5, 0.6) is 5.75 Å². The van der Waals surface area contributed by atoms with Gasteiger partial charge in [0.25, 0.3) is 0 Å². The van der Waals surface area contributed by atoms with Crippen molar-refractivity contribution in [3.8, 4) is 5.75 Å². The van der Waals surface area contributed by atoms with Gasteiger partial charge in [-0.05, 0) is 19.1 Å². The quantitative estimate of drug-likeness (QED) is 0.781. The van der Waals surface area contributed by atoms with E-state index in [1.165, 1.54) is 13.2 Å². The summed E-state index contributed by atoms with van der Waals surface area (Å²) in [6.45, 7) is 1.95. The van der Waals surface area contributed by atoms with Crippen LogP contribution in [0.3, 0.4) is 0 Å². The fraction of sp³-hybridized carbons (Fsp3) is 0.400. The third-order valence-electron chi connectivity index (χ3n) is 2.07. The number of nitrogens with two attached hydrogens (primary N) is 1. The molecule has 0 heterocycles. The Morgan fingerprint density at radius 3 is 2.62 bits per heavy atom. The van der Waals surface area contributed by atoms with Gasteiger partial charge in [-0.25, -0.2) is 13.1 Å². The third kappa shape index (κ3) is 2.94. The van der Waals surface area contributed by atoms with Crippen LogP contribution < -0.4 is 15.2 Å². The van der Waals surface area contributed by atoms with Gasteiger partial charge < -0.3 is 10.5 Å². The third-order valence-corrected chi connectivity index (χ3v) is 3.70. The molecule has 0 aliphatic heterocycles. The van der Waals surface area contributed by atoms with E-state index in [1.54, 1.807) is 25.1 Å². The van der Waals surface area contributed by atoms with E-state index in [1.807, 2.05) is 0 Å². The minimum atomic E-state index is -3.57. The molecule has 0 unspecified atom stereocenters. The van der Waals surface area contributed by atoms with Gasteiger partial charge in [0.05, 0.1) is 7.11 Å². The lowest BCUT2D eigenvalue weighted by Crippen LogP contribution is -2.37. The summed E-state index contributed by atoms with van der Waals surface area (Å²) in [5.41, 5.74) is 5.37. The molecule has 0 radical (unpaired) electrons. The molecule has 0 aliphatic rings. The molecule has 1 aromatic rings. The summed E-state index contributed by atoms with van der Waals surface area (Å²) in [7, 11) is -2.14. The molecule has 0 spiro atoms. The summed E-state index contributed by atoms with van der Waals surface area (Å²) in [5, 5.41) is 0. The van der Waals surface area contributed by atoms with Crippen molar-refractivity contribution in [2.75, 3.05) is 13.7 Å². The van der Waals surface area contributed by atoms with Crippen LogP contribution in [-0.2, 0) is 10.0 Å². The van der Waals surface area contributed by atoms with E-state index in [0.29, 0.717) is 5.75 Å². The Hall–Kier alpha value is -1.11. The molecular formula is C10H16N2O3S. The first-order valence-electron chi connectivity index (χ1n) is 4.86. The molecule has 16 heavy (non-hydrogen) atoms. The van der Waals surface area contributed by atoms with Crippen molar-refractivity contribution >= 4 is 10.0 Å². The van der Waals surface area contributed by atoms with Crippen LogP contribution in [0.2, 0.25) is 0 Å². The minimum absolute atomic E-state index is 0.123. The Morgan fingerprint density at radius 1 is 1.44 bits per heavy atom. The predicted molar refractivity (Wildman–Crippen MR) is 61.8 cm³/mol. The maximum atomic E-state index is 11.9. The number of hydrogen-bond acceptors (Lipinski definition) is 4. The summed E-state index contributed by atoms with van der Waals surface area (Å²) >= 11 is 0. The van der Waals surface area contributed by atoms with Crippen molar-refractivity contribution in [2.45, 2.75) is 17.9 Å². The van der Waals surface area contributed by atoms with Crippen molar-refractivity contribution in [1.82, 2.24) is 4.72 Å². The SMILES string of the molecule is COc1ccccc1S(=O)(=O)N[C@@H](C)CN. The summed E-state index contributed by atoms with van der Waals surface area (Å²) in [4.78, 5) is 0.123. The number of para-hydroxylation sites is 1. The van der Waals surface area contributed by atoms with Crippen LogP contribution in [0.15, 0.2) is 29.2 Å². The average Bonchev–Trinajstić information content (AvgIpc) is 2.28. The molecule has 0 amide bonds. The zero-order valence-electron chi connectivity index (χ0n) is 9.30. The molecule has 1 aromatic carbocycles. The number of hydrogen-bond donors (Lipinski definition) is 2. The van der Waals surface area contributed by atoms with Crippen molar-refractivity contribution < 1.29 is 13.2 Å². The smallest absolute Gasteiger partial charge is 0.244 e. The number of rotatable bonds is 5. The molecule has 3 N–H and O–H groups in total. The van der Waals surface area contributed by atoms with E-state index in [4.69, 9.17) is 10.5 Å². The Balaban J connectivity index is 3.07. The van der Waals surface area contributed by atoms with Crippen LogP contribution >= 0.6 is 0 Å². The summed E-state index contributed by atoms with van der Waals surface area (Å²) in [6, 6.07) is 6.13. The van der Waals surface area contributed by atoms with Crippen molar-refractivity contribution in [1.29, 1.82) is 0 Å². The summed E-state index contributed by atoms with van der Waals surface area (Å²) < 4.78 is 31.3. The molecule has 5 nitrogen and oxygen atoms in total. The highest BCUT2D eigenvalue weighted by molar-refractivity contribution is 7.89. The van der Waals surface area contributed by atoms with Crippen LogP contribution in [0.1, 0.15) is 6.92 Å². The van der Waals surface area contributed by atoms with E-state index in [0.717, 1.165) is 0 Å². The lowest BCUT2D eigenvalue weighted by Gasteiger charge is -2.13. The highest BCUT2D eigenvalue weighted by Crippen LogP contribution is 2.22. The fourth-order valence-corrected chi connectivity index (χ4v) is 2.64. The first-order chi connectivity index (χ1) is 7.51. The number of sulfonamides is 1. The van der Waals surface area contributed by atoms with Gasteiger partial charge in [0, 0.05) is 12.6 Å². The molecule has 1 rings (SSSR count). The van der Waals surface area contributed by atoms with Crippen LogP contribution in [-0.4, -0.2) is 28.1 Å². The van der Waals surface area contributed by atoms with Crippen LogP contribution in [0.25, 0.3) is 0 Å². The monoisotopic (exact) mass is 244 g/mol. The Kier molecular flexibility index (Phi) is 4.28. The first-order valence-corrected chi connectivity index (χ1v) is 6.35. The molecule has 0 aliphatic carbocycles. The fourth-order valence-electron chi connectivity index (χ4n) is 1.22. The standard InChI is InChI=1S/C10H16N2O3S/c1-8(7-11)12-16(13,14)10-6-4-3-5-9(10)15-2/h3-6,8,12H,7,11H2,1-2H3/t8-/m0/s1. The maximum Gasteiger partial charge on any atom is 0.244 e. The number of nitrogens with one attached hydrogen (secondary N) is 1. The summed E-state index contributed by atoms with van der Waals surface area (Å²) in [6.07, 6.45) is 0. The second-order valence-electron chi connectivity index (χ2n) is 3.41. The lowest BCUT2D eigenvalue weighted by atomic mass is 10.3. The molecule has 0 fully saturated rings. The van der Waals surface area contributed by atoms with Crippen molar-refractivity contribution in [2.24, 2.45) is 5.73 Å². The van der Waals surface area contributed by atoms with Gasteiger partial charge in [0.1, 0.15) is 10.6 Å². The highest BCUT2D eigenvalue weighted by atomic mass is 32.2. The predicted octanol–water partition coefficient (Wildman–Crippen LogP) is 0.321. The largest absolute Gasteiger partial charge is 0.495 e. The molecule has 0 bridgehead atoms. The maximum absolute atomic E-state index is 11.9. The molecule has 90 valence electrons. The Bertz CT molecular complexity index is 445. The number of methoxy groups -OCH3 is 1. The molecule has 0 saturated heterocycles. The number of ether oxygens (including phenoxy) is 1. The molecule has 0 saturated carbocycles. The topological polar surface area (TPSA) is 81.4 Å². The van der Waals surface area contributed by atoms with Crippen LogP contribution in [0, 0.1) is 0 Å². The summed E-state index contributed by atoms with van der Waals surface area (Å²) in [5.74, 6) is 0.319. The van der Waals surface area contributed by atoms with Gasteiger partial charge in [-0.2, -0.15) is 0 Å². The van der Waals surface area contributed by atoms with Gasteiger partial charge in [0.15, 0.2) is 0 Å². The van der Waals surface area contributed by atoms with E-state index in [-0.39, 0.29) is 17.5 Å². The van der Waals surface area contributed by atoms with E-state index in [2.05, 4.69) is 4.72 Å². The van der Waals surface area contributed by atoms with Crippen molar-refractivity contribution in [3.63, 3.8) is 0 Å². The molecule has 1 atom stereocenters. The van der Waals surface area contributed by atoms with Gasteiger partial charge in [-0.3, -0.25) is 0 Å². The second kappa shape index (κ2) is 5.29. The van der Waals surface area contributed by atoms with E-state index < -0.39 is 10.0 Å². The normalized spacial score (nSPS) is 13.4. The van der Waals surface area contributed by atoms with Gasteiger partial charge >= 0.3 is 0 Å². The zero-order valence-corrected chi connectivity index (χ0v) is 10.1. The highest BCUT2D eigenvalue weighted by Gasteiger charge is 2.20. The van der Waals surface area contributed by atoms with Crippen molar-refractivity contribution in [3.05, 3.63) is 24.3 Å². The first kappa shape index (κ1) is 13.0. The molecular weight excluding hydrogens is 228 g/mol. The zero-order chi connectivity index (χ0) is 12.2. The van der Waals surface area contributed by atoms with Gasteiger partial charge in [0.2, 0.25) is 10.0 Å². The molecule has 6 heteroatoms. The van der Waals surface area contributed by atoms with E-state index >= 15 is 0 Å². The average molecular weight is 244 g/mol. The Morgan fingerprint density at radius 2 is 2.06 bits per heavy atom. The Labute approximate surface area is 95.7 Å². The molecule has 0 aromatic heterocycles. The van der Waals surface area contributed by atoms with Gasteiger partial charge in [-0.1, -0.05) is 12.1 Å². The van der Waals surface area contributed by atoms with Crippen LogP contribution in [0.4, 0.5) is 0 Å². The van der Waals surface area contributed by atoms with Gasteiger partial charge in [-0.15, -0.1) is 0 Å². The minimum Gasteiger partial charge on any atom is -0.495 e. The van der Waals surface area contributed by atoms with E-state index in [9.17, 15) is 8.42 Å². The number of benzene rings is 1. The lowest BCUT2D eigenvalue weighted by molar-refractivity contribution is 0.402. The second-order valence-corrected chi connectivity index (χ2v) is 5.09.